The number of carbonyl (C=O) groups excluding carboxylic acids is 2. The first kappa shape index (κ1) is 31.2. The molecule has 0 atom stereocenters. The van der Waals surface area contributed by atoms with Crippen LogP contribution >= 0.6 is 23.2 Å². The average Bonchev–Trinajstić information content (AvgIpc) is 3.65. The van der Waals surface area contributed by atoms with E-state index in [0.29, 0.717) is 26.6 Å². The van der Waals surface area contributed by atoms with E-state index in [1.54, 1.807) is 31.2 Å². The molecule has 1 amide bonds. The van der Waals surface area contributed by atoms with Gasteiger partial charge in [-0.2, -0.15) is 28.3 Å². The van der Waals surface area contributed by atoms with Crippen LogP contribution in [-0.2, 0) is 25.7 Å². The molecule has 4 aromatic heterocycles. The smallest absolute Gasteiger partial charge is 0.348 e. The number of tetrazole rings is 1. The van der Waals surface area contributed by atoms with Gasteiger partial charge >= 0.3 is 6.18 Å². The quantitative estimate of drug-likeness (QED) is 0.178. The highest BCUT2D eigenvalue weighted by Crippen LogP contribution is 2.26. The number of nitrogens with one attached hydrogen (secondary N) is 1. The first-order valence-electron chi connectivity index (χ1n) is 12.9. The Hall–Kier alpha value is -5.20. The Bertz CT molecular complexity index is 1950. The van der Waals surface area contributed by atoms with Gasteiger partial charge in [-0.05, 0) is 65.2 Å². The highest BCUT2D eigenvalue weighted by molar-refractivity contribution is 6.32. The second-order valence-corrected chi connectivity index (χ2v) is 10.4. The Morgan fingerprint density at radius 1 is 1.09 bits per heavy atom. The molecule has 0 aliphatic rings. The van der Waals surface area contributed by atoms with Crippen LogP contribution in [0.5, 0.6) is 0 Å². The standard InChI is InChI=1S/C28H19Cl2F3N10O2/c1-15-7-17(11-34)8-20(26(45)37-13-16-4-5-24(30)36-12-16)19(15)10-23(44)22-9-18(14-42-40-27(38-41-42)28(31,32)33)39-43(22)25-21(29)3-2-6-35-25/h2-9,12H,10,13-14H2,1H3,(H,37,45). The molecule has 1 aromatic carbocycles. The van der Waals surface area contributed by atoms with Crippen molar-refractivity contribution in [1.82, 2.24) is 45.3 Å². The average molecular weight is 655 g/mol. The molecule has 0 saturated heterocycles. The molecule has 1 N–H and O–H groups in total. The summed E-state index contributed by atoms with van der Waals surface area (Å²) in [6.45, 7) is 1.41. The highest BCUT2D eigenvalue weighted by atomic mass is 35.5. The molecule has 0 radical (unpaired) electrons. The molecule has 0 unspecified atom stereocenters. The van der Waals surface area contributed by atoms with Gasteiger partial charge in [0.2, 0.25) is 0 Å². The summed E-state index contributed by atoms with van der Waals surface area (Å²) in [5, 5.41) is 26.9. The van der Waals surface area contributed by atoms with Crippen LogP contribution in [-0.4, -0.2) is 51.6 Å². The van der Waals surface area contributed by atoms with Crippen LogP contribution in [0.15, 0.2) is 54.9 Å². The van der Waals surface area contributed by atoms with Crippen LogP contribution in [0, 0.1) is 18.3 Å². The third kappa shape index (κ3) is 7.14. The lowest BCUT2D eigenvalue weighted by Crippen LogP contribution is -2.25. The number of aryl methyl sites for hydroxylation is 1. The summed E-state index contributed by atoms with van der Waals surface area (Å²) >= 11 is 12.2. The van der Waals surface area contributed by atoms with Gasteiger partial charge in [-0.25, -0.2) is 14.6 Å². The number of aromatic nitrogens is 8. The van der Waals surface area contributed by atoms with Gasteiger partial charge in [-0.3, -0.25) is 9.59 Å². The van der Waals surface area contributed by atoms with Crippen molar-refractivity contribution in [1.29, 1.82) is 5.26 Å². The predicted octanol–water partition coefficient (Wildman–Crippen LogP) is 4.56. The van der Waals surface area contributed by atoms with Crippen molar-refractivity contribution in [3.63, 3.8) is 0 Å². The van der Waals surface area contributed by atoms with Crippen LogP contribution < -0.4 is 5.32 Å². The largest absolute Gasteiger partial charge is 0.455 e. The Kier molecular flexibility index (Phi) is 8.89. The van der Waals surface area contributed by atoms with E-state index in [1.807, 2.05) is 6.07 Å². The highest BCUT2D eigenvalue weighted by Gasteiger charge is 2.37. The Morgan fingerprint density at radius 3 is 2.56 bits per heavy atom. The summed E-state index contributed by atoms with van der Waals surface area (Å²) in [5.41, 5.74) is 1.94. The topological polar surface area (TPSA) is 157 Å². The van der Waals surface area contributed by atoms with E-state index in [-0.39, 0.29) is 52.9 Å². The summed E-state index contributed by atoms with van der Waals surface area (Å²) in [6, 6.07) is 12.7. The van der Waals surface area contributed by atoms with E-state index in [0.717, 1.165) is 4.68 Å². The van der Waals surface area contributed by atoms with Crippen molar-refractivity contribution < 1.29 is 22.8 Å². The molecule has 0 fully saturated rings. The van der Waals surface area contributed by atoms with Crippen molar-refractivity contribution in [2.45, 2.75) is 32.6 Å². The summed E-state index contributed by atoms with van der Waals surface area (Å²) in [7, 11) is 0. The predicted molar refractivity (Wildman–Crippen MR) is 153 cm³/mol. The molecule has 12 nitrogen and oxygen atoms in total. The van der Waals surface area contributed by atoms with Crippen LogP contribution in [0.4, 0.5) is 13.2 Å². The summed E-state index contributed by atoms with van der Waals surface area (Å²) in [5.74, 6) is -2.41. The van der Waals surface area contributed by atoms with Gasteiger partial charge in [-0.15, -0.1) is 10.2 Å². The van der Waals surface area contributed by atoms with Crippen molar-refractivity contribution in [2.75, 3.05) is 0 Å². The first-order valence-corrected chi connectivity index (χ1v) is 13.7. The van der Waals surface area contributed by atoms with E-state index >= 15 is 0 Å². The number of benzene rings is 1. The minimum Gasteiger partial charge on any atom is -0.348 e. The van der Waals surface area contributed by atoms with Gasteiger partial charge in [0, 0.05) is 30.9 Å². The minimum atomic E-state index is -4.80. The second kappa shape index (κ2) is 12.8. The molecule has 4 heterocycles. The van der Waals surface area contributed by atoms with E-state index in [2.05, 4.69) is 35.8 Å². The first-order chi connectivity index (χ1) is 21.4. The van der Waals surface area contributed by atoms with E-state index in [9.17, 15) is 28.0 Å². The van der Waals surface area contributed by atoms with E-state index in [1.165, 1.54) is 30.6 Å². The molecule has 0 aliphatic carbocycles. The molecule has 0 aliphatic heterocycles. The third-order valence-electron chi connectivity index (χ3n) is 6.42. The molecule has 5 rings (SSSR count). The molecule has 45 heavy (non-hydrogen) atoms. The molecule has 228 valence electrons. The lowest BCUT2D eigenvalue weighted by Gasteiger charge is -2.14. The van der Waals surface area contributed by atoms with E-state index < -0.39 is 23.7 Å². The number of ketones is 1. The van der Waals surface area contributed by atoms with Gasteiger partial charge in [0.15, 0.2) is 11.6 Å². The lowest BCUT2D eigenvalue weighted by molar-refractivity contribution is -0.145. The summed E-state index contributed by atoms with van der Waals surface area (Å²) < 4.78 is 40.1. The fraction of sp³-hybridized carbons (Fsp3) is 0.179. The van der Waals surface area contributed by atoms with Crippen LogP contribution in [0.3, 0.4) is 0 Å². The van der Waals surface area contributed by atoms with Crippen LogP contribution in [0.1, 0.15) is 54.6 Å². The monoisotopic (exact) mass is 654 g/mol. The van der Waals surface area contributed by atoms with Crippen LogP contribution in [0.2, 0.25) is 10.2 Å². The van der Waals surface area contributed by atoms with Crippen molar-refractivity contribution in [3.05, 3.63) is 110 Å². The molecule has 0 bridgehead atoms. The number of nitriles is 1. The molecule has 0 saturated carbocycles. The summed E-state index contributed by atoms with van der Waals surface area (Å²) in [4.78, 5) is 36.1. The Labute approximate surface area is 262 Å². The zero-order valence-corrected chi connectivity index (χ0v) is 24.6. The third-order valence-corrected chi connectivity index (χ3v) is 6.94. The number of pyridine rings is 2. The maximum atomic E-state index is 13.9. The zero-order chi connectivity index (χ0) is 32.3. The molecule has 0 spiro atoms. The number of Topliss-reactive ketones (excluding diaryl/α,β-unsaturated/α-hetero) is 1. The zero-order valence-electron chi connectivity index (χ0n) is 23.0. The van der Waals surface area contributed by atoms with Crippen LogP contribution in [0.25, 0.3) is 5.82 Å². The number of hydrogen-bond donors (Lipinski definition) is 1. The van der Waals surface area contributed by atoms with Gasteiger partial charge in [0.25, 0.3) is 11.7 Å². The number of hydrogen-bond acceptors (Lipinski definition) is 9. The van der Waals surface area contributed by atoms with Gasteiger partial charge in [0.1, 0.15) is 17.4 Å². The molecule has 5 aromatic rings. The van der Waals surface area contributed by atoms with Crippen molar-refractivity contribution in [2.24, 2.45) is 0 Å². The van der Waals surface area contributed by atoms with Gasteiger partial charge in [0.05, 0.1) is 22.3 Å². The van der Waals surface area contributed by atoms with Gasteiger partial charge < -0.3 is 5.32 Å². The maximum absolute atomic E-state index is 13.9. The number of carbonyl (C=O) groups is 2. The number of halogens is 5. The number of rotatable bonds is 9. The lowest BCUT2D eigenvalue weighted by atomic mass is 9.93. The number of alkyl halides is 3. The van der Waals surface area contributed by atoms with Crippen molar-refractivity contribution in [3.8, 4) is 11.9 Å². The SMILES string of the molecule is Cc1cc(C#N)cc(C(=O)NCc2ccc(Cl)nc2)c1CC(=O)c1cc(Cn2nnc(C(F)(F)F)n2)nn1-c1ncccc1Cl. The molecule has 17 heteroatoms. The van der Waals surface area contributed by atoms with Crippen molar-refractivity contribution >= 4 is 34.9 Å². The number of amides is 1. The Balaban J connectivity index is 1.48. The Morgan fingerprint density at radius 2 is 1.89 bits per heavy atom. The number of nitrogens with zero attached hydrogens (tertiary/aromatic N) is 9. The summed E-state index contributed by atoms with van der Waals surface area (Å²) in [6.07, 6.45) is -2.17. The fourth-order valence-electron chi connectivity index (χ4n) is 4.33. The maximum Gasteiger partial charge on any atom is 0.455 e. The molecular formula is C28H19Cl2F3N10O2. The molecular weight excluding hydrogens is 636 g/mol. The minimum absolute atomic E-state index is 0.0240. The van der Waals surface area contributed by atoms with Gasteiger partial charge in [-0.1, -0.05) is 29.3 Å². The van der Waals surface area contributed by atoms with E-state index in [4.69, 9.17) is 23.2 Å². The fourth-order valence-corrected chi connectivity index (χ4v) is 4.64. The normalized spacial score (nSPS) is 11.3. The second-order valence-electron chi connectivity index (χ2n) is 9.59.